The minimum atomic E-state index is -1.09. The number of carbonyl (C=O) groups is 1. The Balaban J connectivity index is 4.00. The second kappa shape index (κ2) is 3.88. The molecule has 0 saturated heterocycles. The van der Waals surface area contributed by atoms with Crippen LogP contribution in [0.1, 0.15) is 0 Å². The molecule has 5 nitrogen and oxygen atoms in total. The molecular weight excluding hydrogens is 153 g/mol. The van der Waals surface area contributed by atoms with Crippen molar-refractivity contribution in [2.24, 2.45) is 5.73 Å². The van der Waals surface area contributed by atoms with Crippen molar-refractivity contribution in [3.8, 4) is 5.75 Å². The first-order chi connectivity index (χ1) is 4.57. The Labute approximate surface area is 59.8 Å². The molecule has 10 heavy (non-hydrogen) atoms. The van der Waals surface area contributed by atoms with E-state index < -0.39 is 18.5 Å². The Morgan fingerprint density at radius 1 is 1.90 bits per heavy atom. The molecule has 0 aliphatic carbocycles. The third-order valence-corrected chi connectivity index (χ3v) is 0.946. The van der Waals surface area contributed by atoms with Gasteiger partial charge in [0.05, 0.1) is 0 Å². The topological polar surface area (TPSA) is 90.4 Å². The summed E-state index contributed by atoms with van der Waals surface area (Å²) >= 11 is 0. The van der Waals surface area contributed by atoms with Crippen LogP contribution in [-0.4, -0.2) is 28.5 Å². The van der Waals surface area contributed by atoms with Gasteiger partial charge >= 0.3 is 58.9 Å². The average molecular weight is 159 g/mol. The molecule has 0 atom stereocenters. The van der Waals surface area contributed by atoms with Crippen LogP contribution in [0.2, 0.25) is 0 Å². The molecule has 0 saturated carbocycles. The van der Waals surface area contributed by atoms with Crippen LogP contribution in [0.4, 0.5) is 0 Å². The predicted molar refractivity (Wildman–Crippen MR) is 37.1 cm³/mol. The molecule has 0 fully saturated rings. The summed E-state index contributed by atoms with van der Waals surface area (Å²) in [7, 11) is 3.52. The van der Waals surface area contributed by atoms with Crippen molar-refractivity contribution in [2.75, 3.05) is 6.54 Å². The number of nitrogens with zero attached hydrogens (tertiary/aromatic N) is 1. The Morgan fingerprint density at radius 3 is 2.50 bits per heavy atom. The number of rotatable bonds is 2. The second-order valence-corrected chi connectivity index (χ2v) is 1.67. The van der Waals surface area contributed by atoms with Crippen molar-refractivity contribution >= 4 is 20.6 Å². The standard InChI is InChI=1S/C4H6N3O2P/c5-4(6)7(2-10)1-3(8)9/h1H2,(H3,5,6)(H,8,9). The van der Waals surface area contributed by atoms with Gasteiger partial charge in [0, 0.05) is 0 Å². The zero-order chi connectivity index (χ0) is 8.15. The summed E-state index contributed by atoms with van der Waals surface area (Å²) in [5, 5.41) is 15.0. The van der Waals surface area contributed by atoms with Crippen LogP contribution in [0.15, 0.2) is 0 Å². The van der Waals surface area contributed by atoms with E-state index in [1.54, 1.807) is 0 Å². The van der Waals surface area contributed by atoms with E-state index >= 15 is 0 Å². The fraction of sp³-hybridized carbons (Fsp3) is 0.250. The molecule has 0 radical (unpaired) electrons. The molecule has 0 unspecified atom stereocenters. The van der Waals surface area contributed by atoms with E-state index in [1.807, 2.05) is 0 Å². The Morgan fingerprint density at radius 2 is 2.40 bits per heavy atom. The van der Waals surface area contributed by atoms with Crippen molar-refractivity contribution in [3.63, 3.8) is 0 Å². The normalized spacial score (nSPS) is 7.90. The first-order valence-electron chi connectivity index (χ1n) is 2.31. The molecule has 54 valence electrons. The van der Waals surface area contributed by atoms with Crippen molar-refractivity contribution in [2.45, 2.75) is 0 Å². The molecular formula is C4H6N3O2P. The van der Waals surface area contributed by atoms with Crippen molar-refractivity contribution in [1.82, 2.24) is 4.90 Å². The zero-order valence-corrected chi connectivity index (χ0v) is 5.93. The quantitative estimate of drug-likeness (QED) is 0.221. The molecule has 0 rings (SSSR count). The van der Waals surface area contributed by atoms with Gasteiger partial charge in [-0.25, -0.2) is 0 Å². The first-order valence-corrected chi connectivity index (χ1v) is 2.75. The fourth-order valence-corrected chi connectivity index (χ4v) is 0.488. The molecule has 0 spiro atoms. The molecule has 0 aliphatic rings. The summed E-state index contributed by atoms with van der Waals surface area (Å²) < 4.78 is 0. The molecule has 0 aromatic heterocycles. The maximum absolute atomic E-state index is 10.0. The van der Waals surface area contributed by atoms with E-state index in [9.17, 15) is 4.79 Å². The van der Waals surface area contributed by atoms with Gasteiger partial charge in [-0.05, 0) is 0 Å². The SMILES string of the molecule is N=C(N)N(C#P)CC(=O)O. The molecule has 0 bridgehead atoms. The van der Waals surface area contributed by atoms with Crippen LogP contribution < -0.4 is 5.73 Å². The number of carboxylic acid groups (broad SMARTS) is 1. The number of nitrogens with one attached hydrogen (secondary N) is 1. The van der Waals surface area contributed by atoms with E-state index in [4.69, 9.17) is 16.2 Å². The van der Waals surface area contributed by atoms with Gasteiger partial charge in [-0.1, -0.05) is 0 Å². The molecule has 4 N–H and O–H groups in total. The molecule has 0 heterocycles. The molecule has 0 amide bonds. The van der Waals surface area contributed by atoms with Crippen LogP contribution in [-0.2, 0) is 4.79 Å². The third-order valence-electron chi connectivity index (χ3n) is 0.705. The third kappa shape index (κ3) is 3.07. The molecule has 0 aromatic carbocycles. The van der Waals surface area contributed by atoms with Gasteiger partial charge in [0.2, 0.25) is 0 Å². The van der Waals surface area contributed by atoms with Crippen molar-refractivity contribution < 1.29 is 9.90 Å². The van der Waals surface area contributed by atoms with Crippen LogP contribution in [0, 0.1) is 11.2 Å². The summed E-state index contributed by atoms with van der Waals surface area (Å²) in [6.45, 7) is -0.390. The Kier molecular flexibility index (Phi) is 3.47. The number of carboxylic acids is 1. The van der Waals surface area contributed by atoms with E-state index in [2.05, 4.69) is 14.4 Å². The summed E-state index contributed by atoms with van der Waals surface area (Å²) in [6.07, 6.45) is 0. The molecule has 0 aromatic rings. The summed E-state index contributed by atoms with van der Waals surface area (Å²) in [6, 6.07) is 0. The molecule has 0 aliphatic heterocycles. The number of hydrogen-bond acceptors (Lipinski definition) is 2. The first kappa shape index (κ1) is 8.95. The van der Waals surface area contributed by atoms with Gasteiger partial charge in [0.15, 0.2) is 0 Å². The van der Waals surface area contributed by atoms with Crippen LogP contribution >= 0.6 is 8.70 Å². The number of hydrogen-bond donors (Lipinski definition) is 3. The maximum atomic E-state index is 10.0. The van der Waals surface area contributed by atoms with Crippen LogP contribution in [0.25, 0.3) is 0 Å². The minimum absolute atomic E-state index is 0.390. The number of aliphatic carboxylic acids is 1. The van der Waals surface area contributed by atoms with Gasteiger partial charge in [-0.3, -0.25) is 0 Å². The Hall–Kier alpha value is -1.05. The predicted octanol–water partition coefficient (Wildman–Crippen LogP) is -0.406. The number of nitrogens with two attached hydrogens (primary N) is 1. The number of guanidine groups is 1. The Bertz CT molecular complexity index is 197. The summed E-state index contributed by atoms with van der Waals surface area (Å²) in [5.74, 6) is 0.653. The van der Waals surface area contributed by atoms with Crippen molar-refractivity contribution in [1.29, 1.82) is 5.41 Å². The van der Waals surface area contributed by atoms with Gasteiger partial charge in [0.25, 0.3) is 0 Å². The average Bonchev–Trinajstić information content (AvgIpc) is 1.81. The van der Waals surface area contributed by atoms with Gasteiger partial charge in [-0.15, -0.1) is 0 Å². The van der Waals surface area contributed by atoms with Crippen molar-refractivity contribution in [3.05, 3.63) is 0 Å². The van der Waals surface area contributed by atoms with E-state index in [0.29, 0.717) is 0 Å². The van der Waals surface area contributed by atoms with Crippen LogP contribution in [0.5, 0.6) is 0 Å². The van der Waals surface area contributed by atoms with E-state index in [-0.39, 0.29) is 0 Å². The van der Waals surface area contributed by atoms with E-state index in [1.165, 1.54) is 0 Å². The van der Waals surface area contributed by atoms with Crippen LogP contribution in [0.3, 0.4) is 0 Å². The summed E-state index contributed by atoms with van der Waals surface area (Å²) in [5.41, 5.74) is 4.93. The monoisotopic (exact) mass is 159 g/mol. The molecule has 6 heteroatoms. The van der Waals surface area contributed by atoms with Gasteiger partial charge in [-0.2, -0.15) is 0 Å². The summed E-state index contributed by atoms with van der Waals surface area (Å²) in [4.78, 5) is 10.9. The van der Waals surface area contributed by atoms with Gasteiger partial charge in [0.1, 0.15) is 0 Å². The fourth-order valence-electron chi connectivity index (χ4n) is 0.310. The van der Waals surface area contributed by atoms with Gasteiger partial charge < -0.3 is 0 Å². The van der Waals surface area contributed by atoms with E-state index in [0.717, 1.165) is 4.90 Å². The second-order valence-electron chi connectivity index (χ2n) is 1.47. The zero-order valence-electron chi connectivity index (χ0n) is 5.03.